The van der Waals surface area contributed by atoms with Crippen molar-refractivity contribution in [3.8, 4) is 17.1 Å². The number of ether oxygens (including phenoxy) is 1. The van der Waals surface area contributed by atoms with Gasteiger partial charge in [-0.05, 0) is 41.5 Å². The van der Waals surface area contributed by atoms with Crippen LogP contribution in [0.2, 0.25) is 5.02 Å². The van der Waals surface area contributed by atoms with E-state index >= 15 is 0 Å². The van der Waals surface area contributed by atoms with E-state index in [2.05, 4.69) is 18.2 Å². The highest BCUT2D eigenvalue weighted by atomic mass is 35.5. The number of hydrogen-bond acceptors (Lipinski definition) is 3. The zero-order valence-corrected chi connectivity index (χ0v) is 17.6. The molecule has 0 spiro atoms. The fraction of sp³-hybridized carbons (Fsp3) is 0.0741. The quantitative estimate of drug-likeness (QED) is 0.306. The summed E-state index contributed by atoms with van der Waals surface area (Å²) in [6, 6.07) is 27.0. The third-order valence-electron chi connectivity index (χ3n) is 5.38. The van der Waals surface area contributed by atoms with E-state index in [1.54, 1.807) is 18.2 Å². The van der Waals surface area contributed by atoms with Gasteiger partial charge >= 0.3 is 0 Å². The molecule has 5 rings (SSSR count). The number of fused-ring (bicyclic) bond motifs is 2. The molecule has 0 unspecified atom stereocenters. The summed E-state index contributed by atoms with van der Waals surface area (Å²) in [5.74, 6) is 0.603. The average molecular weight is 427 g/mol. The molecule has 0 N–H and O–H groups in total. The molecule has 0 fully saturated rings. The average Bonchev–Trinajstić information content (AvgIpc) is 2.79. The van der Waals surface area contributed by atoms with Crippen LogP contribution in [0.15, 0.2) is 94.1 Å². The molecule has 4 heteroatoms. The SMILES string of the molecule is Cc1ccc(-c2oc3ccc(Cl)cc3c(=O)c2OCc2cccc3ccccc23)cc1. The molecule has 0 saturated carbocycles. The molecule has 1 heterocycles. The minimum atomic E-state index is -0.237. The molecule has 0 saturated heterocycles. The number of rotatable bonds is 4. The van der Waals surface area contributed by atoms with E-state index in [1.807, 2.05) is 55.5 Å². The molecule has 4 aromatic carbocycles. The summed E-state index contributed by atoms with van der Waals surface area (Å²) < 4.78 is 12.3. The van der Waals surface area contributed by atoms with Crippen molar-refractivity contribution in [2.24, 2.45) is 0 Å². The molecule has 0 aliphatic rings. The number of aryl methyl sites for hydroxylation is 1. The molecule has 0 atom stereocenters. The summed E-state index contributed by atoms with van der Waals surface area (Å²) in [4.78, 5) is 13.4. The van der Waals surface area contributed by atoms with Crippen molar-refractivity contribution in [3.05, 3.63) is 111 Å². The molecular formula is C27H19ClO3. The second-order valence-corrected chi connectivity index (χ2v) is 7.96. The number of hydrogen-bond donors (Lipinski definition) is 0. The Hall–Kier alpha value is -3.56. The van der Waals surface area contributed by atoms with Crippen LogP contribution in [0.25, 0.3) is 33.1 Å². The molecule has 152 valence electrons. The molecule has 0 aliphatic carbocycles. The monoisotopic (exact) mass is 426 g/mol. The Morgan fingerprint density at radius 1 is 0.871 bits per heavy atom. The van der Waals surface area contributed by atoms with Crippen LogP contribution in [-0.4, -0.2) is 0 Å². The first-order valence-electron chi connectivity index (χ1n) is 10.0. The first kappa shape index (κ1) is 19.4. The second kappa shape index (κ2) is 7.93. The van der Waals surface area contributed by atoms with Crippen LogP contribution < -0.4 is 10.2 Å². The van der Waals surface area contributed by atoms with Gasteiger partial charge < -0.3 is 9.15 Å². The minimum absolute atomic E-state index is 0.187. The van der Waals surface area contributed by atoms with Gasteiger partial charge in [-0.1, -0.05) is 83.9 Å². The maximum absolute atomic E-state index is 13.4. The van der Waals surface area contributed by atoms with Gasteiger partial charge in [0.05, 0.1) is 5.39 Å². The zero-order chi connectivity index (χ0) is 21.4. The van der Waals surface area contributed by atoms with Gasteiger partial charge in [0.25, 0.3) is 0 Å². The van der Waals surface area contributed by atoms with Gasteiger partial charge in [0.15, 0.2) is 5.76 Å². The lowest BCUT2D eigenvalue weighted by Gasteiger charge is -2.13. The highest BCUT2D eigenvalue weighted by molar-refractivity contribution is 6.31. The van der Waals surface area contributed by atoms with E-state index in [0.717, 1.165) is 27.5 Å². The van der Waals surface area contributed by atoms with Crippen molar-refractivity contribution < 1.29 is 9.15 Å². The predicted molar refractivity (Wildman–Crippen MR) is 126 cm³/mol. The van der Waals surface area contributed by atoms with E-state index in [0.29, 0.717) is 21.8 Å². The van der Waals surface area contributed by atoms with E-state index in [1.165, 1.54) is 0 Å². The third kappa shape index (κ3) is 3.69. The summed E-state index contributed by atoms with van der Waals surface area (Å²) in [5, 5.41) is 3.09. The van der Waals surface area contributed by atoms with E-state index < -0.39 is 0 Å². The van der Waals surface area contributed by atoms with Crippen molar-refractivity contribution in [1.82, 2.24) is 0 Å². The molecular weight excluding hydrogens is 408 g/mol. The van der Waals surface area contributed by atoms with Gasteiger partial charge in [-0.25, -0.2) is 0 Å². The predicted octanol–water partition coefficient (Wildman–Crippen LogP) is 7.15. The molecule has 3 nitrogen and oxygen atoms in total. The van der Waals surface area contributed by atoms with E-state index in [-0.39, 0.29) is 17.8 Å². The molecule has 5 aromatic rings. The van der Waals surface area contributed by atoms with Gasteiger partial charge in [0.1, 0.15) is 12.2 Å². The Balaban J connectivity index is 1.65. The first-order valence-corrected chi connectivity index (χ1v) is 10.4. The first-order chi connectivity index (χ1) is 15.1. The topological polar surface area (TPSA) is 39.4 Å². The fourth-order valence-electron chi connectivity index (χ4n) is 3.74. The van der Waals surface area contributed by atoms with Gasteiger partial charge in [0, 0.05) is 10.6 Å². The normalized spacial score (nSPS) is 11.2. The highest BCUT2D eigenvalue weighted by Gasteiger charge is 2.18. The zero-order valence-electron chi connectivity index (χ0n) is 16.9. The maximum atomic E-state index is 13.4. The van der Waals surface area contributed by atoms with Crippen LogP contribution >= 0.6 is 11.6 Å². The Labute approximate surface area is 184 Å². The summed E-state index contributed by atoms with van der Waals surface area (Å²) in [6.07, 6.45) is 0. The largest absolute Gasteiger partial charge is 0.481 e. The van der Waals surface area contributed by atoms with Crippen LogP contribution in [0.3, 0.4) is 0 Å². The minimum Gasteiger partial charge on any atom is -0.481 e. The smallest absolute Gasteiger partial charge is 0.235 e. The van der Waals surface area contributed by atoms with Crippen molar-refractivity contribution in [2.75, 3.05) is 0 Å². The Morgan fingerprint density at radius 2 is 1.65 bits per heavy atom. The lowest BCUT2D eigenvalue weighted by atomic mass is 10.1. The third-order valence-corrected chi connectivity index (χ3v) is 5.61. The maximum Gasteiger partial charge on any atom is 0.235 e. The molecule has 0 bridgehead atoms. The standard InChI is InChI=1S/C27H19ClO3/c1-17-9-11-19(12-10-17)26-27(25(29)23-15-21(28)13-14-24(23)31-26)30-16-20-7-4-6-18-5-2-3-8-22(18)20/h2-15H,16H2,1H3. The van der Waals surface area contributed by atoms with Crippen LogP contribution in [0.1, 0.15) is 11.1 Å². The number of benzene rings is 4. The lowest BCUT2D eigenvalue weighted by molar-refractivity contribution is 0.299. The van der Waals surface area contributed by atoms with E-state index in [4.69, 9.17) is 20.8 Å². The van der Waals surface area contributed by atoms with Gasteiger partial charge in [0.2, 0.25) is 11.2 Å². The summed E-state index contributed by atoms with van der Waals surface area (Å²) in [7, 11) is 0. The molecule has 0 radical (unpaired) electrons. The summed E-state index contributed by atoms with van der Waals surface area (Å²) in [6.45, 7) is 2.26. The van der Waals surface area contributed by atoms with Crippen molar-refractivity contribution in [2.45, 2.75) is 13.5 Å². The molecule has 31 heavy (non-hydrogen) atoms. The molecule has 1 aromatic heterocycles. The number of halogens is 1. The van der Waals surface area contributed by atoms with Crippen LogP contribution in [0.5, 0.6) is 5.75 Å². The van der Waals surface area contributed by atoms with Gasteiger partial charge in [-0.3, -0.25) is 4.79 Å². The molecule has 0 amide bonds. The summed E-state index contributed by atoms with van der Waals surface area (Å²) in [5.41, 5.74) is 3.14. The Bertz CT molecular complexity index is 1460. The van der Waals surface area contributed by atoms with Crippen molar-refractivity contribution in [3.63, 3.8) is 0 Å². The highest BCUT2D eigenvalue weighted by Crippen LogP contribution is 2.33. The van der Waals surface area contributed by atoms with Crippen molar-refractivity contribution >= 4 is 33.3 Å². The van der Waals surface area contributed by atoms with Gasteiger partial charge in [-0.15, -0.1) is 0 Å². The summed E-state index contributed by atoms with van der Waals surface area (Å²) >= 11 is 6.13. The van der Waals surface area contributed by atoms with Crippen LogP contribution in [-0.2, 0) is 6.61 Å². The lowest BCUT2D eigenvalue weighted by Crippen LogP contribution is -2.10. The second-order valence-electron chi connectivity index (χ2n) is 7.52. The fourth-order valence-corrected chi connectivity index (χ4v) is 3.92. The Kier molecular flexibility index (Phi) is 4.97. The van der Waals surface area contributed by atoms with E-state index in [9.17, 15) is 4.79 Å². The van der Waals surface area contributed by atoms with Crippen LogP contribution in [0.4, 0.5) is 0 Å². The van der Waals surface area contributed by atoms with Crippen molar-refractivity contribution in [1.29, 1.82) is 0 Å². The van der Waals surface area contributed by atoms with Gasteiger partial charge in [-0.2, -0.15) is 0 Å². The van der Waals surface area contributed by atoms with Crippen LogP contribution in [0, 0.1) is 6.92 Å². The molecule has 0 aliphatic heterocycles. The Morgan fingerprint density at radius 3 is 2.48 bits per heavy atom.